The molecule has 5 heteroatoms. The van der Waals surface area contributed by atoms with Crippen LogP contribution < -0.4 is 4.74 Å². The first-order chi connectivity index (χ1) is 9.52. The van der Waals surface area contributed by atoms with Crippen molar-refractivity contribution in [3.8, 4) is 5.75 Å². The Bertz CT molecular complexity index is 619. The summed E-state index contributed by atoms with van der Waals surface area (Å²) in [7, 11) is 0. The first-order valence-corrected chi connectivity index (χ1v) is 8.06. The summed E-state index contributed by atoms with van der Waals surface area (Å²) in [5.74, 6) is 0.424. The maximum absolute atomic E-state index is 13.3. The van der Waals surface area contributed by atoms with Crippen molar-refractivity contribution < 1.29 is 9.13 Å². The molecule has 0 N–H and O–H groups in total. The molecule has 1 atom stereocenters. The fourth-order valence-corrected chi connectivity index (χ4v) is 2.94. The van der Waals surface area contributed by atoms with Gasteiger partial charge >= 0.3 is 0 Å². The molecule has 0 aliphatic heterocycles. The molecule has 0 amide bonds. The van der Waals surface area contributed by atoms with Gasteiger partial charge in [-0.1, -0.05) is 22.0 Å². The topological polar surface area (TPSA) is 9.23 Å². The van der Waals surface area contributed by atoms with E-state index in [9.17, 15) is 4.39 Å². The third-order valence-corrected chi connectivity index (χ3v) is 4.37. The van der Waals surface area contributed by atoms with Crippen molar-refractivity contribution in [3.05, 3.63) is 62.3 Å². The van der Waals surface area contributed by atoms with Crippen molar-refractivity contribution >= 4 is 43.5 Å². The highest BCUT2D eigenvalue weighted by molar-refractivity contribution is 9.10. The van der Waals surface area contributed by atoms with Crippen LogP contribution in [0.4, 0.5) is 4.39 Å². The van der Waals surface area contributed by atoms with E-state index in [1.165, 1.54) is 6.07 Å². The third kappa shape index (κ3) is 3.54. The number of alkyl halides is 1. The lowest BCUT2D eigenvalue weighted by molar-refractivity contribution is 0.337. The molecule has 0 bridgehead atoms. The van der Waals surface area contributed by atoms with Gasteiger partial charge in [-0.25, -0.2) is 4.39 Å². The Morgan fingerprint density at radius 3 is 2.60 bits per heavy atom. The lowest BCUT2D eigenvalue weighted by atomic mass is 10.0. The van der Waals surface area contributed by atoms with Crippen molar-refractivity contribution in [2.45, 2.75) is 12.3 Å². The summed E-state index contributed by atoms with van der Waals surface area (Å²) in [4.78, 5) is 0. The predicted octanol–water partition coefficient (Wildman–Crippen LogP) is 6.08. The monoisotopic (exact) mass is 420 g/mol. The van der Waals surface area contributed by atoms with Crippen molar-refractivity contribution in [3.63, 3.8) is 0 Å². The normalized spacial score (nSPS) is 12.2. The number of benzene rings is 2. The van der Waals surface area contributed by atoms with Gasteiger partial charge in [0.05, 0.1) is 16.5 Å². The zero-order chi connectivity index (χ0) is 14.7. The molecular weight excluding hydrogens is 410 g/mol. The molecule has 0 spiro atoms. The minimum atomic E-state index is -0.411. The van der Waals surface area contributed by atoms with Crippen LogP contribution in [0.2, 0.25) is 0 Å². The van der Waals surface area contributed by atoms with E-state index in [2.05, 4.69) is 31.9 Å². The second kappa shape index (κ2) is 6.92. The van der Waals surface area contributed by atoms with Crippen LogP contribution in [-0.4, -0.2) is 6.61 Å². The molecule has 0 saturated heterocycles. The molecule has 2 aromatic rings. The Morgan fingerprint density at radius 2 is 1.95 bits per heavy atom. The molecule has 0 aliphatic rings. The molecule has 0 radical (unpaired) electrons. The first-order valence-electron chi connectivity index (χ1n) is 6.04. The summed E-state index contributed by atoms with van der Waals surface area (Å²) < 4.78 is 20.2. The van der Waals surface area contributed by atoms with E-state index in [1.807, 2.05) is 25.1 Å². The molecular formula is C15H12Br2ClFO. The number of hydrogen-bond donors (Lipinski definition) is 0. The minimum absolute atomic E-state index is 0.308. The lowest BCUT2D eigenvalue weighted by Crippen LogP contribution is -2.00. The lowest BCUT2D eigenvalue weighted by Gasteiger charge is -2.16. The SMILES string of the molecule is CCOc1ccc(Br)cc1C(Cl)c1ccc(F)c(Br)c1. The molecule has 20 heavy (non-hydrogen) atoms. The molecule has 1 unspecified atom stereocenters. The fourth-order valence-electron chi connectivity index (χ4n) is 1.85. The Kier molecular flexibility index (Phi) is 5.47. The Morgan fingerprint density at radius 1 is 1.20 bits per heavy atom. The van der Waals surface area contributed by atoms with Gasteiger partial charge in [0.15, 0.2) is 0 Å². The third-order valence-electron chi connectivity index (χ3n) is 2.78. The highest BCUT2D eigenvalue weighted by Crippen LogP contribution is 2.37. The van der Waals surface area contributed by atoms with Gasteiger partial charge < -0.3 is 4.74 Å². The van der Waals surface area contributed by atoms with E-state index in [0.29, 0.717) is 11.1 Å². The van der Waals surface area contributed by atoms with E-state index in [-0.39, 0.29) is 5.82 Å². The zero-order valence-corrected chi connectivity index (χ0v) is 14.6. The molecule has 0 aliphatic carbocycles. The standard InChI is InChI=1S/C15H12Br2ClFO/c1-2-20-14-6-4-10(16)8-11(14)15(18)9-3-5-13(19)12(17)7-9/h3-8,15H,2H2,1H3. The number of halogens is 4. The van der Waals surface area contributed by atoms with Crippen LogP contribution in [0.25, 0.3) is 0 Å². The van der Waals surface area contributed by atoms with E-state index < -0.39 is 5.38 Å². The van der Waals surface area contributed by atoms with E-state index >= 15 is 0 Å². The van der Waals surface area contributed by atoms with E-state index in [4.69, 9.17) is 16.3 Å². The summed E-state index contributed by atoms with van der Waals surface area (Å²) in [5, 5.41) is -0.411. The van der Waals surface area contributed by atoms with Crippen molar-refractivity contribution in [1.29, 1.82) is 0 Å². The van der Waals surface area contributed by atoms with Crippen LogP contribution >= 0.6 is 43.5 Å². The average Bonchev–Trinajstić information content (AvgIpc) is 2.43. The second-order valence-electron chi connectivity index (χ2n) is 4.15. The minimum Gasteiger partial charge on any atom is -0.494 e. The highest BCUT2D eigenvalue weighted by Gasteiger charge is 2.17. The van der Waals surface area contributed by atoms with Gasteiger partial charge in [0.2, 0.25) is 0 Å². The van der Waals surface area contributed by atoms with Crippen LogP contribution in [0.1, 0.15) is 23.4 Å². The Labute approximate surface area is 139 Å². The largest absolute Gasteiger partial charge is 0.494 e. The molecule has 0 saturated carbocycles. The van der Waals surface area contributed by atoms with Gasteiger partial charge in [0.25, 0.3) is 0 Å². The summed E-state index contributed by atoms with van der Waals surface area (Å²) in [6.45, 7) is 2.48. The molecule has 0 aromatic heterocycles. The highest BCUT2D eigenvalue weighted by atomic mass is 79.9. The second-order valence-corrected chi connectivity index (χ2v) is 6.36. The van der Waals surface area contributed by atoms with Crippen molar-refractivity contribution in [2.24, 2.45) is 0 Å². The molecule has 106 valence electrons. The summed E-state index contributed by atoms with van der Waals surface area (Å²) >= 11 is 13.1. The smallest absolute Gasteiger partial charge is 0.137 e. The summed E-state index contributed by atoms with van der Waals surface area (Å²) in [6, 6.07) is 10.4. The molecule has 0 heterocycles. The predicted molar refractivity (Wildman–Crippen MR) is 87.1 cm³/mol. The maximum atomic E-state index is 13.3. The Hall–Kier alpha value is -0.580. The van der Waals surface area contributed by atoms with Crippen molar-refractivity contribution in [1.82, 2.24) is 0 Å². The van der Waals surface area contributed by atoms with Crippen LogP contribution in [0.15, 0.2) is 45.3 Å². The molecule has 0 fully saturated rings. The van der Waals surface area contributed by atoms with Gasteiger partial charge in [-0.15, -0.1) is 11.6 Å². The molecule has 1 nitrogen and oxygen atoms in total. The van der Waals surface area contributed by atoms with Crippen LogP contribution in [0, 0.1) is 5.82 Å². The van der Waals surface area contributed by atoms with Crippen molar-refractivity contribution in [2.75, 3.05) is 6.61 Å². The summed E-state index contributed by atoms with van der Waals surface area (Å²) in [5.41, 5.74) is 1.65. The van der Waals surface area contributed by atoms with E-state index in [1.54, 1.807) is 12.1 Å². The maximum Gasteiger partial charge on any atom is 0.137 e. The molecule has 2 rings (SSSR count). The number of rotatable bonds is 4. The first kappa shape index (κ1) is 15.8. The van der Waals surface area contributed by atoms with Crippen LogP contribution in [-0.2, 0) is 0 Å². The van der Waals surface area contributed by atoms with Gasteiger partial charge in [-0.2, -0.15) is 0 Å². The fraction of sp³-hybridized carbons (Fsp3) is 0.200. The van der Waals surface area contributed by atoms with Crippen LogP contribution in [0.3, 0.4) is 0 Å². The van der Waals surface area contributed by atoms with Gasteiger partial charge in [0, 0.05) is 10.0 Å². The Balaban J connectivity index is 2.43. The van der Waals surface area contributed by atoms with Gasteiger partial charge in [0.1, 0.15) is 11.6 Å². The summed E-state index contributed by atoms with van der Waals surface area (Å²) in [6.07, 6.45) is 0. The number of hydrogen-bond acceptors (Lipinski definition) is 1. The number of ether oxygens (including phenoxy) is 1. The van der Waals surface area contributed by atoms with Crippen LogP contribution in [0.5, 0.6) is 5.75 Å². The molecule has 2 aromatic carbocycles. The van der Waals surface area contributed by atoms with E-state index in [0.717, 1.165) is 21.3 Å². The van der Waals surface area contributed by atoms with Gasteiger partial charge in [-0.05, 0) is 58.7 Å². The zero-order valence-electron chi connectivity index (χ0n) is 10.7. The average molecular weight is 423 g/mol. The van der Waals surface area contributed by atoms with Gasteiger partial charge in [-0.3, -0.25) is 0 Å². The quantitative estimate of drug-likeness (QED) is 0.543.